The Kier molecular flexibility index (Phi) is 3.56. The molecule has 1 rings (SSSR count). The summed E-state index contributed by atoms with van der Waals surface area (Å²) < 4.78 is 0. The van der Waals surface area contributed by atoms with E-state index in [4.69, 9.17) is 11.6 Å². The maximum atomic E-state index is 9.24. The van der Waals surface area contributed by atoms with Crippen molar-refractivity contribution in [2.45, 2.75) is 0 Å². The van der Waals surface area contributed by atoms with Crippen LogP contribution in [0, 0.1) is 0 Å². The summed E-state index contributed by atoms with van der Waals surface area (Å²) >= 11 is 5.68. The zero-order valence-corrected chi connectivity index (χ0v) is 7.28. The van der Waals surface area contributed by atoms with Crippen LogP contribution in [0.5, 0.6) is 0 Å². The van der Waals surface area contributed by atoms with E-state index in [-0.39, 0.29) is 0 Å². The molecule has 0 aliphatic carbocycles. The van der Waals surface area contributed by atoms with Gasteiger partial charge in [-0.1, -0.05) is 23.7 Å². The zero-order valence-electron chi connectivity index (χ0n) is 6.53. The quantitative estimate of drug-likeness (QED) is 0.427. The minimum Gasteiger partial charge on any atom is -0.422 e. The first-order chi connectivity index (χ1) is 5.74. The first kappa shape index (κ1) is 9.54. The van der Waals surface area contributed by atoms with E-state index in [2.05, 4.69) is 9.69 Å². The van der Waals surface area contributed by atoms with Crippen LogP contribution in [-0.4, -0.2) is 19.3 Å². The Morgan fingerprint density at radius 1 is 1.50 bits per heavy atom. The standard InChI is InChI=1S/C7H8BClO3/c1-11-12-8(10)6-3-2-4-7(9)5-6/h2-5,10H,1H3. The summed E-state index contributed by atoms with van der Waals surface area (Å²) in [5.41, 5.74) is 0.560. The smallest absolute Gasteiger partial charge is 0.422 e. The fourth-order valence-electron chi connectivity index (χ4n) is 0.807. The Labute approximate surface area is 75.9 Å². The maximum absolute atomic E-state index is 9.24. The molecule has 0 radical (unpaired) electrons. The second-order valence-corrected chi connectivity index (χ2v) is 2.61. The summed E-state index contributed by atoms with van der Waals surface area (Å²) in [6, 6.07) is 6.73. The minimum atomic E-state index is -1.09. The lowest BCUT2D eigenvalue weighted by Gasteiger charge is -2.04. The Morgan fingerprint density at radius 3 is 2.83 bits per heavy atom. The van der Waals surface area contributed by atoms with Crippen LogP contribution in [0.4, 0.5) is 0 Å². The summed E-state index contributed by atoms with van der Waals surface area (Å²) in [4.78, 5) is 8.78. The van der Waals surface area contributed by atoms with Crippen molar-refractivity contribution >= 4 is 24.2 Å². The van der Waals surface area contributed by atoms with E-state index < -0.39 is 7.12 Å². The molecule has 1 aromatic rings. The van der Waals surface area contributed by atoms with Crippen molar-refractivity contribution in [2.24, 2.45) is 0 Å². The molecule has 0 unspecified atom stereocenters. The Bertz CT molecular complexity index is 256. The van der Waals surface area contributed by atoms with Crippen molar-refractivity contribution in [3.05, 3.63) is 29.3 Å². The van der Waals surface area contributed by atoms with Gasteiger partial charge in [0.2, 0.25) is 0 Å². The van der Waals surface area contributed by atoms with Crippen molar-refractivity contribution in [3.8, 4) is 0 Å². The van der Waals surface area contributed by atoms with Crippen molar-refractivity contribution < 1.29 is 14.7 Å². The Balaban J connectivity index is 2.73. The van der Waals surface area contributed by atoms with Gasteiger partial charge in [0.15, 0.2) is 0 Å². The fourth-order valence-corrected chi connectivity index (χ4v) is 1.01. The molecule has 0 amide bonds. The maximum Gasteiger partial charge on any atom is 0.523 e. The third-order valence-corrected chi connectivity index (χ3v) is 1.56. The third kappa shape index (κ3) is 2.50. The fraction of sp³-hybridized carbons (Fsp3) is 0.143. The van der Waals surface area contributed by atoms with Gasteiger partial charge in [-0.05, 0) is 17.6 Å². The van der Waals surface area contributed by atoms with Gasteiger partial charge in [0.05, 0.1) is 7.11 Å². The molecule has 0 fully saturated rings. The molecule has 0 aliphatic rings. The van der Waals surface area contributed by atoms with E-state index in [1.807, 2.05) is 0 Å². The molecule has 0 spiro atoms. The number of rotatable bonds is 3. The summed E-state index contributed by atoms with van der Waals surface area (Å²) in [5.74, 6) is 0. The van der Waals surface area contributed by atoms with Gasteiger partial charge in [-0.3, -0.25) is 9.69 Å². The first-order valence-corrected chi connectivity index (χ1v) is 3.75. The molecule has 0 saturated carbocycles. The van der Waals surface area contributed by atoms with Crippen LogP contribution in [0.1, 0.15) is 0 Å². The van der Waals surface area contributed by atoms with E-state index in [0.717, 1.165) is 0 Å². The lowest BCUT2D eigenvalue weighted by atomic mass is 9.80. The van der Waals surface area contributed by atoms with Crippen LogP contribution in [0.15, 0.2) is 24.3 Å². The molecule has 64 valence electrons. The van der Waals surface area contributed by atoms with Crippen molar-refractivity contribution in [1.82, 2.24) is 0 Å². The van der Waals surface area contributed by atoms with Crippen LogP contribution < -0.4 is 5.46 Å². The average Bonchev–Trinajstić information content (AvgIpc) is 2.05. The van der Waals surface area contributed by atoms with E-state index in [1.54, 1.807) is 24.3 Å². The number of halogens is 1. The molecular formula is C7H8BClO3. The summed E-state index contributed by atoms with van der Waals surface area (Å²) in [6.07, 6.45) is 0. The molecule has 12 heavy (non-hydrogen) atoms. The predicted molar refractivity (Wildman–Crippen MR) is 47.2 cm³/mol. The largest absolute Gasteiger partial charge is 0.523 e. The topological polar surface area (TPSA) is 38.7 Å². The average molecular weight is 186 g/mol. The lowest BCUT2D eigenvalue weighted by Crippen LogP contribution is -2.33. The molecule has 0 heterocycles. The number of hydrogen-bond donors (Lipinski definition) is 1. The van der Waals surface area contributed by atoms with Crippen LogP contribution >= 0.6 is 11.6 Å². The van der Waals surface area contributed by atoms with Gasteiger partial charge in [0, 0.05) is 5.02 Å². The van der Waals surface area contributed by atoms with Gasteiger partial charge in [0.1, 0.15) is 0 Å². The van der Waals surface area contributed by atoms with Crippen LogP contribution in [0.25, 0.3) is 0 Å². The zero-order chi connectivity index (χ0) is 8.97. The van der Waals surface area contributed by atoms with E-state index in [9.17, 15) is 5.02 Å². The van der Waals surface area contributed by atoms with Gasteiger partial charge in [-0.15, -0.1) is 0 Å². The second-order valence-electron chi connectivity index (χ2n) is 2.17. The van der Waals surface area contributed by atoms with Gasteiger partial charge < -0.3 is 5.02 Å². The molecule has 5 heteroatoms. The lowest BCUT2D eigenvalue weighted by molar-refractivity contribution is -0.193. The molecule has 0 bridgehead atoms. The molecule has 0 aromatic heterocycles. The van der Waals surface area contributed by atoms with E-state index >= 15 is 0 Å². The molecule has 1 N–H and O–H groups in total. The van der Waals surface area contributed by atoms with Crippen LogP contribution in [0.3, 0.4) is 0 Å². The Morgan fingerprint density at radius 2 is 2.25 bits per heavy atom. The highest BCUT2D eigenvalue weighted by atomic mass is 35.5. The van der Waals surface area contributed by atoms with Crippen molar-refractivity contribution in [1.29, 1.82) is 0 Å². The molecule has 1 aromatic carbocycles. The minimum absolute atomic E-state index is 0.547. The SMILES string of the molecule is COOB(O)c1cccc(Cl)c1. The molecule has 0 atom stereocenters. The number of benzene rings is 1. The van der Waals surface area contributed by atoms with Gasteiger partial charge in [0.25, 0.3) is 0 Å². The number of hydrogen-bond acceptors (Lipinski definition) is 3. The second kappa shape index (κ2) is 4.47. The summed E-state index contributed by atoms with van der Waals surface area (Å²) in [7, 11) is 0.238. The van der Waals surface area contributed by atoms with Crippen LogP contribution in [0.2, 0.25) is 5.02 Å². The monoisotopic (exact) mass is 186 g/mol. The summed E-state index contributed by atoms with van der Waals surface area (Å²) in [6.45, 7) is 0. The third-order valence-electron chi connectivity index (χ3n) is 1.32. The van der Waals surface area contributed by atoms with Crippen molar-refractivity contribution in [2.75, 3.05) is 7.11 Å². The normalized spacial score (nSPS) is 9.92. The molecule has 3 nitrogen and oxygen atoms in total. The van der Waals surface area contributed by atoms with E-state index in [1.165, 1.54) is 7.11 Å². The highest BCUT2D eigenvalue weighted by Gasteiger charge is 2.16. The van der Waals surface area contributed by atoms with Crippen molar-refractivity contribution in [3.63, 3.8) is 0 Å². The molecule has 0 saturated heterocycles. The van der Waals surface area contributed by atoms with E-state index in [0.29, 0.717) is 10.5 Å². The Hall–Kier alpha value is -0.545. The van der Waals surface area contributed by atoms with Gasteiger partial charge in [-0.25, -0.2) is 0 Å². The molecule has 0 aliphatic heterocycles. The first-order valence-electron chi connectivity index (χ1n) is 3.37. The summed E-state index contributed by atoms with van der Waals surface area (Å²) in [5, 5.41) is 9.79. The highest BCUT2D eigenvalue weighted by molar-refractivity contribution is 6.60. The predicted octanol–water partition coefficient (Wildman–Crippen LogP) is 0.605. The van der Waals surface area contributed by atoms with Crippen LogP contribution in [-0.2, 0) is 9.69 Å². The van der Waals surface area contributed by atoms with Gasteiger partial charge >= 0.3 is 7.12 Å². The molecular weight excluding hydrogens is 178 g/mol. The van der Waals surface area contributed by atoms with Gasteiger partial charge in [-0.2, -0.15) is 0 Å². The highest BCUT2D eigenvalue weighted by Crippen LogP contribution is 2.04.